The maximum atomic E-state index is 11.7. The van der Waals surface area contributed by atoms with Gasteiger partial charge in [0, 0.05) is 69.8 Å². The van der Waals surface area contributed by atoms with E-state index in [0.29, 0.717) is 19.0 Å². The van der Waals surface area contributed by atoms with Crippen LogP contribution in [-0.4, -0.2) is 76.2 Å². The molecule has 138 valence electrons. The van der Waals surface area contributed by atoms with Crippen molar-refractivity contribution in [3.63, 3.8) is 0 Å². The van der Waals surface area contributed by atoms with E-state index in [2.05, 4.69) is 19.8 Å². The predicted molar refractivity (Wildman–Crippen MR) is 94.7 cm³/mol. The van der Waals surface area contributed by atoms with Gasteiger partial charge >= 0.3 is 5.97 Å². The van der Waals surface area contributed by atoms with Gasteiger partial charge in [-0.25, -0.2) is 9.97 Å². The summed E-state index contributed by atoms with van der Waals surface area (Å²) in [6.45, 7) is 5.28. The number of fused-ring (bicyclic) bond motifs is 1. The van der Waals surface area contributed by atoms with Gasteiger partial charge in [-0.05, 0) is 12.1 Å². The Labute approximate surface area is 152 Å². The van der Waals surface area contributed by atoms with Gasteiger partial charge in [0.2, 0.25) is 5.95 Å². The van der Waals surface area contributed by atoms with Crippen molar-refractivity contribution in [1.29, 1.82) is 0 Å². The lowest BCUT2D eigenvalue weighted by Gasteiger charge is -2.41. The molecule has 0 spiro atoms. The summed E-state index contributed by atoms with van der Waals surface area (Å²) in [7, 11) is 0. The average molecular weight is 357 g/mol. The van der Waals surface area contributed by atoms with Crippen molar-refractivity contribution in [3.8, 4) is 0 Å². The van der Waals surface area contributed by atoms with Crippen LogP contribution in [0.1, 0.15) is 5.56 Å². The normalized spacial score (nSPS) is 24.8. The molecule has 4 rings (SSSR count). The number of carboxylic acid groups (broad SMARTS) is 1. The average Bonchev–Trinajstić information content (AvgIpc) is 3.07. The molecule has 2 aliphatic heterocycles. The third-order valence-corrected chi connectivity index (χ3v) is 5.19. The van der Waals surface area contributed by atoms with E-state index in [1.165, 1.54) is 5.56 Å². The Kier molecular flexibility index (Phi) is 4.85. The third kappa shape index (κ3) is 3.71. The molecule has 0 aliphatic carbocycles. The van der Waals surface area contributed by atoms with Crippen LogP contribution in [0.25, 0.3) is 0 Å². The third-order valence-electron chi connectivity index (χ3n) is 5.19. The number of rotatable bonds is 4. The summed E-state index contributed by atoms with van der Waals surface area (Å²) >= 11 is 0. The Morgan fingerprint density at radius 1 is 1.19 bits per heavy atom. The molecule has 2 aromatic heterocycles. The number of carboxylic acids is 1. The van der Waals surface area contributed by atoms with E-state index in [-0.39, 0.29) is 6.04 Å². The summed E-state index contributed by atoms with van der Waals surface area (Å²) in [5.74, 6) is -0.593. The first-order valence-corrected chi connectivity index (χ1v) is 8.91. The molecule has 0 unspecified atom stereocenters. The molecule has 0 saturated carbocycles. The second-order valence-corrected chi connectivity index (χ2v) is 7.00. The fourth-order valence-corrected chi connectivity index (χ4v) is 3.87. The number of furan rings is 1. The molecule has 8 heteroatoms. The van der Waals surface area contributed by atoms with Gasteiger partial charge in [0.25, 0.3) is 0 Å². The van der Waals surface area contributed by atoms with E-state index in [1.807, 2.05) is 11.0 Å². The first kappa shape index (κ1) is 17.0. The summed E-state index contributed by atoms with van der Waals surface area (Å²) in [6.07, 6.45) is 6.88. The van der Waals surface area contributed by atoms with Gasteiger partial charge in [0.15, 0.2) is 0 Å². The molecular weight excluding hydrogens is 334 g/mol. The highest BCUT2D eigenvalue weighted by molar-refractivity contribution is 5.71. The number of piperazine rings is 1. The van der Waals surface area contributed by atoms with Crippen LogP contribution in [0.5, 0.6) is 0 Å². The van der Waals surface area contributed by atoms with E-state index < -0.39 is 11.9 Å². The van der Waals surface area contributed by atoms with Crippen molar-refractivity contribution in [3.05, 3.63) is 42.6 Å². The maximum Gasteiger partial charge on any atom is 0.309 e. The lowest BCUT2D eigenvalue weighted by molar-refractivity contribution is -0.142. The second-order valence-electron chi connectivity index (χ2n) is 7.00. The summed E-state index contributed by atoms with van der Waals surface area (Å²) < 4.78 is 5.17. The van der Waals surface area contributed by atoms with Crippen LogP contribution >= 0.6 is 0 Å². The van der Waals surface area contributed by atoms with E-state index in [1.54, 1.807) is 31.0 Å². The van der Waals surface area contributed by atoms with Gasteiger partial charge in [0.05, 0.1) is 18.4 Å². The van der Waals surface area contributed by atoms with E-state index in [9.17, 15) is 9.90 Å². The number of aromatic nitrogens is 2. The lowest BCUT2D eigenvalue weighted by Crippen LogP contribution is -2.55. The van der Waals surface area contributed by atoms with Crippen molar-refractivity contribution in [2.75, 3.05) is 44.2 Å². The fourth-order valence-electron chi connectivity index (χ4n) is 3.87. The van der Waals surface area contributed by atoms with Gasteiger partial charge < -0.3 is 14.4 Å². The van der Waals surface area contributed by atoms with Crippen molar-refractivity contribution >= 4 is 11.9 Å². The SMILES string of the molecule is O=C(O)[C@@H]1CN(c2ncccn2)C[C@@H]2CN(Cc3ccoc3)CCN2C1. The van der Waals surface area contributed by atoms with Gasteiger partial charge in [-0.3, -0.25) is 14.6 Å². The molecule has 26 heavy (non-hydrogen) atoms. The zero-order valence-electron chi connectivity index (χ0n) is 14.6. The van der Waals surface area contributed by atoms with E-state index >= 15 is 0 Å². The topological polar surface area (TPSA) is 85.9 Å². The smallest absolute Gasteiger partial charge is 0.309 e. The Balaban J connectivity index is 1.51. The zero-order valence-corrected chi connectivity index (χ0v) is 14.6. The minimum Gasteiger partial charge on any atom is -0.481 e. The number of aliphatic carboxylic acids is 1. The molecular formula is C18H23N5O3. The standard InChI is InChI=1S/C18H23N5O3/c24-17(25)15-9-22-6-5-21(8-14-2-7-26-13-14)11-16(22)12-23(10-15)18-19-3-1-4-20-18/h1-4,7,13,15-16H,5-6,8-12H2,(H,24,25)/t15-,16-/m0/s1. The molecule has 0 amide bonds. The number of hydrogen-bond donors (Lipinski definition) is 1. The number of anilines is 1. The predicted octanol–water partition coefficient (Wildman–Crippen LogP) is 0.777. The quantitative estimate of drug-likeness (QED) is 0.859. The fraction of sp³-hybridized carbons (Fsp3) is 0.500. The molecule has 2 aliphatic rings. The highest BCUT2D eigenvalue weighted by atomic mass is 16.4. The van der Waals surface area contributed by atoms with Crippen LogP contribution < -0.4 is 4.90 Å². The van der Waals surface area contributed by atoms with Crippen LogP contribution in [0.15, 0.2) is 41.5 Å². The molecule has 2 fully saturated rings. The van der Waals surface area contributed by atoms with Gasteiger partial charge in [-0.1, -0.05) is 0 Å². The molecule has 2 aromatic rings. The summed E-state index contributed by atoms with van der Waals surface area (Å²) in [4.78, 5) is 27.1. The minimum atomic E-state index is -0.757. The molecule has 2 atom stereocenters. The highest BCUT2D eigenvalue weighted by Gasteiger charge is 2.37. The largest absolute Gasteiger partial charge is 0.481 e. The van der Waals surface area contributed by atoms with Crippen LogP contribution in [-0.2, 0) is 11.3 Å². The molecule has 4 heterocycles. The summed E-state index contributed by atoms with van der Waals surface area (Å²) in [5, 5.41) is 9.63. The van der Waals surface area contributed by atoms with Crippen LogP contribution in [0.4, 0.5) is 5.95 Å². The Hall–Kier alpha value is -2.45. The molecule has 8 nitrogen and oxygen atoms in total. The number of carbonyl (C=O) groups is 1. The summed E-state index contributed by atoms with van der Waals surface area (Å²) in [5.41, 5.74) is 1.17. The molecule has 0 bridgehead atoms. The van der Waals surface area contributed by atoms with E-state index in [4.69, 9.17) is 4.42 Å². The Morgan fingerprint density at radius 3 is 2.77 bits per heavy atom. The number of hydrogen-bond acceptors (Lipinski definition) is 7. The van der Waals surface area contributed by atoms with Crippen LogP contribution in [0, 0.1) is 5.92 Å². The first-order chi connectivity index (χ1) is 12.7. The Morgan fingerprint density at radius 2 is 2.04 bits per heavy atom. The van der Waals surface area contributed by atoms with Gasteiger partial charge in [-0.15, -0.1) is 0 Å². The van der Waals surface area contributed by atoms with Crippen molar-refractivity contribution in [1.82, 2.24) is 19.8 Å². The summed E-state index contributed by atoms with van der Waals surface area (Å²) in [6, 6.07) is 4.02. The van der Waals surface area contributed by atoms with E-state index in [0.717, 1.165) is 32.7 Å². The van der Waals surface area contributed by atoms with Crippen molar-refractivity contribution in [2.24, 2.45) is 5.92 Å². The first-order valence-electron chi connectivity index (χ1n) is 8.91. The molecule has 2 saturated heterocycles. The molecule has 0 radical (unpaired) electrons. The van der Waals surface area contributed by atoms with Crippen LogP contribution in [0.2, 0.25) is 0 Å². The molecule has 1 N–H and O–H groups in total. The zero-order chi connectivity index (χ0) is 17.9. The monoisotopic (exact) mass is 357 g/mol. The van der Waals surface area contributed by atoms with Gasteiger partial charge in [0.1, 0.15) is 0 Å². The maximum absolute atomic E-state index is 11.7. The minimum absolute atomic E-state index is 0.254. The highest BCUT2D eigenvalue weighted by Crippen LogP contribution is 2.22. The lowest BCUT2D eigenvalue weighted by atomic mass is 10.1. The van der Waals surface area contributed by atoms with Gasteiger partial charge in [-0.2, -0.15) is 0 Å². The molecule has 0 aromatic carbocycles. The number of nitrogens with zero attached hydrogens (tertiary/aromatic N) is 5. The van der Waals surface area contributed by atoms with Crippen molar-refractivity contribution in [2.45, 2.75) is 12.6 Å². The van der Waals surface area contributed by atoms with Crippen molar-refractivity contribution < 1.29 is 14.3 Å². The van der Waals surface area contributed by atoms with Crippen LogP contribution in [0.3, 0.4) is 0 Å². The second kappa shape index (κ2) is 7.43. The Bertz CT molecular complexity index is 724.